The summed E-state index contributed by atoms with van der Waals surface area (Å²) in [5.74, 6) is 6.17. The molecule has 0 aromatic heterocycles. The number of rotatable bonds is 4. The first-order chi connectivity index (χ1) is 10.0. The summed E-state index contributed by atoms with van der Waals surface area (Å²) in [6.45, 7) is 2.83. The van der Waals surface area contributed by atoms with Crippen molar-refractivity contribution in [3.05, 3.63) is 35.1 Å². The molecule has 1 aliphatic rings. The lowest BCUT2D eigenvalue weighted by Crippen LogP contribution is -2.29. The minimum atomic E-state index is -0.445. The molecule has 3 nitrogen and oxygen atoms in total. The highest BCUT2D eigenvalue weighted by Crippen LogP contribution is 2.38. The average Bonchev–Trinajstić information content (AvgIpc) is 3.15. The second-order valence-electron chi connectivity index (χ2n) is 5.62. The van der Waals surface area contributed by atoms with E-state index in [1.54, 1.807) is 11.9 Å². The van der Waals surface area contributed by atoms with Gasteiger partial charge in [0.2, 0.25) is 0 Å². The van der Waals surface area contributed by atoms with Crippen LogP contribution >= 0.6 is 0 Å². The van der Waals surface area contributed by atoms with Crippen LogP contribution in [0, 0.1) is 29.5 Å². The Morgan fingerprint density at radius 2 is 2.24 bits per heavy atom. The van der Waals surface area contributed by atoms with Crippen LogP contribution < -0.4 is 0 Å². The molecular weight excluding hydrogens is 269 g/mol. The molecule has 1 aromatic rings. The third kappa shape index (κ3) is 4.05. The molecule has 0 spiro atoms. The molecule has 2 unspecified atom stereocenters. The average molecular weight is 289 g/mol. The Morgan fingerprint density at radius 3 is 2.86 bits per heavy atom. The lowest BCUT2D eigenvalue weighted by Gasteiger charge is -2.18. The Labute approximate surface area is 124 Å². The van der Waals surface area contributed by atoms with Gasteiger partial charge in [-0.2, -0.15) is 0 Å². The molecule has 0 heterocycles. The van der Waals surface area contributed by atoms with Crippen LogP contribution in [-0.4, -0.2) is 36.1 Å². The summed E-state index contributed by atoms with van der Waals surface area (Å²) < 4.78 is 13.4. The van der Waals surface area contributed by atoms with Crippen molar-refractivity contribution in [3.63, 3.8) is 0 Å². The summed E-state index contributed by atoms with van der Waals surface area (Å²) in [6, 6.07) is 4.04. The van der Waals surface area contributed by atoms with Gasteiger partial charge in [0.1, 0.15) is 5.82 Å². The number of halogens is 1. The molecule has 1 fully saturated rings. The van der Waals surface area contributed by atoms with Crippen LogP contribution in [0.5, 0.6) is 0 Å². The normalized spacial score (nSPS) is 19.6. The fourth-order valence-corrected chi connectivity index (χ4v) is 2.31. The first kappa shape index (κ1) is 15.5. The van der Waals surface area contributed by atoms with Crippen molar-refractivity contribution in [3.8, 4) is 11.8 Å². The van der Waals surface area contributed by atoms with Crippen LogP contribution in [0.2, 0.25) is 0 Å². The van der Waals surface area contributed by atoms with Crippen molar-refractivity contribution in [2.24, 2.45) is 11.8 Å². The fourth-order valence-electron chi connectivity index (χ4n) is 2.31. The highest BCUT2D eigenvalue weighted by atomic mass is 19.1. The van der Waals surface area contributed by atoms with E-state index in [0.717, 1.165) is 6.42 Å². The second-order valence-corrected chi connectivity index (χ2v) is 5.62. The Bertz CT molecular complexity index is 588. The van der Waals surface area contributed by atoms with Crippen LogP contribution in [0.3, 0.4) is 0 Å². The van der Waals surface area contributed by atoms with Gasteiger partial charge < -0.3 is 10.0 Å². The van der Waals surface area contributed by atoms with E-state index in [9.17, 15) is 9.18 Å². The summed E-state index contributed by atoms with van der Waals surface area (Å²) in [4.78, 5) is 14.1. The third-order valence-corrected chi connectivity index (χ3v) is 3.80. The van der Waals surface area contributed by atoms with Gasteiger partial charge in [-0.3, -0.25) is 4.79 Å². The number of hydrogen-bond donors (Lipinski definition) is 1. The Hall–Kier alpha value is -1.86. The van der Waals surface area contributed by atoms with Gasteiger partial charge in [0.15, 0.2) is 0 Å². The van der Waals surface area contributed by atoms with Crippen molar-refractivity contribution in [2.45, 2.75) is 19.8 Å². The monoisotopic (exact) mass is 289 g/mol. The SMILES string of the molecule is CC1CC1CN(C)C(=O)c1cc(F)ccc1C#CCCO. The van der Waals surface area contributed by atoms with Crippen LogP contribution in [-0.2, 0) is 0 Å². The molecule has 0 bridgehead atoms. The van der Waals surface area contributed by atoms with Crippen LogP contribution in [0.4, 0.5) is 4.39 Å². The van der Waals surface area contributed by atoms with Crippen LogP contribution in [0.1, 0.15) is 35.7 Å². The van der Waals surface area contributed by atoms with Gasteiger partial charge >= 0.3 is 0 Å². The van der Waals surface area contributed by atoms with Gasteiger partial charge in [-0.25, -0.2) is 4.39 Å². The van der Waals surface area contributed by atoms with Crippen molar-refractivity contribution in [1.29, 1.82) is 0 Å². The van der Waals surface area contributed by atoms with E-state index in [0.29, 0.717) is 30.4 Å². The molecular formula is C17H20FNO2. The highest BCUT2D eigenvalue weighted by molar-refractivity contribution is 5.96. The number of aliphatic hydroxyl groups excluding tert-OH is 1. The smallest absolute Gasteiger partial charge is 0.254 e. The van der Waals surface area contributed by atoms with E-state index < -0.39 is 5.82 Å². The van der Waals surface area contributed by atoms with E-state index in [2.05, 4.69) is 18.8 Å². The van der Waals surface area contributed by atoms with Crippen molar-refractivity contribution in [1.82, 2.24) is 4.90 Å². The predicted molar refractivity (Wildman–Crippen MR) is 79.2 cm³/mol. The lowest BCUT2D eigenvalue weighted by atomic mass is 10.1. The molecule has 0 aliphatic heterocycles. The second kappa shape index (κ2) is 6.73. The molecule has 1 aromatic carbocycles. The quantitative estimate of drug-likeness (QED) is 0.864. The number of aliphatic hydroxyl groups is 1. The lowest BCUT2D eigenvalue weighted by molar-refractivity contribution is 0.0786. The van der Waals surface area contributed by atoms with Crippen molar-refractivity contribution >= 4 is 5.91 Å². The summed E-state index contributed by atoms with van der Waals surface area (Å²) in [5.41, 5.74) is 0.793. The number of carbonyl (C=O) groups excluding carboxylic acids is 1. The van der Waals surface area contributed by atoms with E-state index in [1.807, 2.05) is 0 Å². The Kier molecular flexibility index (Phi) is 4.98. The highest BCUT2D eigenvalue weighted by Gasteiger charge is 2.34. The number of carbonyl (C=O) groups is 1. The number of hydrogen-bond acceptors (Lipinski definition) is 2. The largest absolute Gasteiger partial charge is 0.395 e. The molecule has 4 heteroatoms. The Morgan fingerprint density at radius 1 is 1.52 bits per heavy atom. The molecule has 1 saturated carbocycles. The Balaban J connectivity index is 2.18. The maximum Gasteiger partial charge on any atom is 0.254 e. The van der Waals surface area contributed by atoms with Crippen molar-refractivity contribution < 1.29 is 14.3 Å². The minimum Gasteiger partial charge on any atom is -0.395 e. The predicted octanol–water partition coefficient (Wildman–Crippen LogP) is 2.29. The summed E-state index contributed by atoms with van der Waals surface area (Å²) in [7, 11) is 1.74. The number of nitrogens with zero attached hydrogens (tertiary/aromatic N) is 1. The first-order valence-corrected chi connectivity index (χ1v) is 7.17. The standard InChI is InChI=1S/C17H20FNO2/c1-12-9-14(12)11-19(2)17(21)16-10-15(18)7-6-13(16)5-3-4-8-20/h6-7,10,12,14,20H,4,8-9,11H2,1-2H3. The van der Waals surface area contributed by atoms with Gasteiger partial charge in [-0.15, -0.1) is 0 Å². The summed E-state index contributed by atoms with van der Waals surface area (Å²) >= 11 is 0. The molecule has 0 saturated heterocycles. The molecule has 2 atom stereocenters. The van der Waals surface area contributed by atoms with E-state index in [1.165, 1.54) is 18.2 Å². The van der Waals surface area contributed by atoms with Gasteiger partial charge in [0, 0.05) is 25.6 Å². The van der Waals surface area contributed by atoms with Crippen molar-refractivity contribution in [2.75, 3.05) is 20.2 Å². The molecule has 112 valence electrons. The third-order valence-electron chi connectivity index (χ3n) is 3.80. The zero-order valence-corrected chi connectivity index (χ0v) is 12.4. The molecule has 0 radical (unpaired) electrons. The van der Waals surface area contributed by atoms with Crippen LogP contribution in [0.15, 0.2) is 18.2 Å². The molecule has 1 N–H and O–H groups in total. The van der Waals surface area contributed by atoms with Crippen LogP contribution in [0.25, 0.3) is 0 Å². The number of amides is 1. The maximum atomic E-state index is 13.4. The van der Waals surface area contributed by atoms with E-state index >= 15 is 0 Å². The first-order valence-electron chi connectivity index (χ1n) is 7.17. The zero-order chi connectivity index (χ0) is 15.4. The minimum absolute atomic E-state index is 0.0308. The fraction of sp³-hybridized carbons (Fsp3) is 0.471. The summed E-state index contributed by atoms with van der Waals surface area (Å²) in [5, 5.41) is 8.75. The molecule has 1 aliphatic carbocycles. The number of benzene rings is 1. The van der Waals surface area contributed by atoms with Gasteiger partial charge in [-0.1, -0.05) is 18.8 Å². The molecule has 1 amide bonds. The van der Waals surface area contributed by atoms with Gasteiger partial charge in [0.05, 0.1) is 12.2 Å². The maximum absolute atomic E-state index is 13.4. The van der Waals surface area contributed by atoms with Gasteiger partial charge in [0.25, 0.3) is 5.91 Å². The van der Waals surface area contributed by atoms with E-state index in [-0.39, 0.29) is 18.1 Å². The van der Waals surface area contributed by atoms with Gasteiger partial charge in [-0.05, 0) is 36.5 Å². The van der Waals surface area contributed by atoms with E-state index in [4.69, 9.17) is 5.11 Å². The summed E-state index contributed by atoms with van der Waals surface area (Å²) in [6.07, 6.45) is 1.48. The zero-order valence-electron chi connectivity index (χ0n) is 12.4. The molecule has 2 rings (SSSR count). The molecule has 21 heavy (non-hydrogen) atoms. The topological polar surface area (TPSA) is 40.5 Å².